The van der Waals surface area contributed by atoms with Crippen molar-refractivity contribution in [2.24, 2.45) is 11.8 Å². The highest BCUT2D eigenvalue weighted by atomic mass is 19.4. The van der Waals surface area contributed by atoms with E-state index in [0.717, 1.165) is 12.1 Å². The molecule has 0 aliphatic heterocycles. The minimum Gasteiger partial charge on any atom is -0.492 e. The van der Waals surface area contributed by atoms with E-state index in [1.165, 1.54) is 12.1 Å². The van der Waals surface area contributed by atoms with Crippen LogP contribution in [-0.4, -0.2) is 30.1 Å². The fourth-order valence-electron chi connectivity index (χ4n) is 2.85. The number of benzene rings is 1. The Labute approximate surface area is 143 Å². The molecule has 1 aliphatic rings. The third-order valence-corrected chi connectivity index (χ3v) is 4.28. The number of hydrogen-bond acceptors (Lipinski definition) is 3. The molecule has 0 heterocycles. The molecule has 1 saturated carbocycles. The molecule has 2 N–H and O–H groups in total. The van der Waals surface area contributed by atoms with Crippen LogP contribution in [-0.2, 0) is 15.8 Å². The highest BCUT2D eigenvalue weighted by Crippen LogP contribution is 2.31. The van der Waals surface area contributed by atoms with E-state index in [2.05, 4.69) is 5.32 Å². The molecule has 8 heteroatoms. The summed E-state index contributed by atoms with van der Waals surface area (Å²) in [6.45, 7) is 0.228. The molecule has 1 fully saturated rings. The largest absolute Gasteiger partial charge is 0.492 e. The lowest BCUT2D eigenvalue weighted by Crippen LogP contribution is -2.36. The first-order chi connectivity index (χ1) is 11.8. The maximum atomic E-state index is 12.6. The molecule has 1 aromatic rings. The minimum absolute atomic E-state index is 0.0531. The summed E-state index contributed by atoms with van der Waals surface area (Å²) in [5.74, 6) is -1.51. The number of nitrogens with one attached hydrogen (secondary N) is 1. The van der Waals surface area contributed by atoms with Gasteiger partial charge in [0.2, 0.25) is 5.91 Å². The maximum Gasteiger partial charge on any atom is 0.416 e. The third kappa shape index (κ3) is 5.65. The van der Waals surface area contributed by atoms with Crippen molar-refractivity contribution in [2.75, 3.05) is 13.2 Å². The molecule has 25 heavy (non-hydrogen) atoms. The zero-order valence-electron chi connectivity index (χ0n) is 13.5. The third-order valence-electron chi connectivity index (χ3n) is 4.28. The Morgan fingerprint density at radius 3 is 2.40 bits per heavy atom. The Balaban J connectivity index is 1.71. The number of alkyl halides is 3. The van der Waals surface area contributed by atoms with Gasteiger partial charge in [-0.2, -0.15) is 13.2 Å². The number of aliphatic carboxylic acids is 1. The maximum absolute atomic E-state index is 12.6. The van der Waals surface area contributed by atoms with E-state index >= 15 is 0 Å². The van der Waals surface area contributed by atoms with Crippen LogP contribution < -0.4 is 10.1 Å². The molecule has 138 valence electrons. The van der Waals surface area contributed by atoms with Crippen LogP contribution in [0.25, 0.3) is 0 Å². The van der Waals surface area contributed by atoms with Crippen molar-refractivity contribution in [1.29, 1.82) is 0 Å². The molecule has 0 atom stereocenters. The van der Waals surface area contributed by atoms with Crippen molar-refractivity contribution in [3.63, 3.8) is 0 Å². The Bertz CT molecular complexity index is 610. The van der Waals surface area contributed by atoms with Crippen LogP contribution in [0.5, 0.6) is 5.75 Å². The van der Waals surface area contributed by atoms with E-state index in [4.69, 9.17) is 9.84 Å². The molecule has 5 nitrogen and oxygen atoms in total. The van der Waals surface area contributed by atoms with E-state index < -0.39 is 17.7 Å². The molecule has 0 spiro atoms. The van der Waals surface area contributed by atoms with Crippen molar-refractivity contribution in [1.82, 2.24) is 5.32 Å². The summed E-state index contributed by atoms with van der Waals surface area (Å²) in [4.78, 5) is 22.9. The topological polar surface area (TPSA) is 75.6 Å². The van der Waals surface area contributed by atoms with Crippen molar-refractivity contribution < 1.29 is 32.6 Å². The molecular weight excluding hydrogens is 339 g/mol. The summed E-state index contributed by atoms with van der Waals surface area (Å²) >= 11 is 0. The predicted molar refractivity (Wildman–Crippen MR) is 83.0 cm³/mol. The SMILES string of the molecule is O=C(O)C1CCC(C(=O)NCCOc2cccc(C(F)(F)F)c2)CC1. The average molecular weight is 359 g/mol. The highest BCUT2D eigenvalue weighted by Gasteiger charge is 2.31. The van der Waals surface area contributed by atoms with Gasteiger partial charge in [-0.05, 0) is 43.9 Å². The number of hydrogen-bond donors (Lipinski definition) is 2. The van der Waals surface area contributed by atoms with Gasteiger partial charge < -0.3 is 15.2 Å². The summed E-state index contributed by atoms with van der Waals surface area (Å²) < 4.78 is 43.0. The number of halogens is 3. The first-order valence-corrected chi connectivity index (χ1v) is 8.08. The molecule has 0 aromatic heterocycles. The van der Waals surface area contributed by atoms with Gasteiger partial charge in [-0.25, -0.2) is 0 Å². The molecule has 0 unspecified atom stereocenters. The molecule has 2 rings (SSSR count). The highest BCUT2D eigenvalue weighted by molar-refractivity contribution is 5.79. The zero-order chi connectivity index (χ0) is 18.4. The Hall–Kier alpha value is -2.25. The van der Waals surface area contributed by atoms with Crippen LogP contribution in [0.3, 0.4) is 0 Å². The summed E-state index contributed by atoms with van der Waals surface area (Å²) in [5.41, 5.74) is -0.788. The van der Waals surface area contributed by atoms with Gasteiger partial charge >= 0.3 is 12.1 Å². The normalized spacial score (nSPS) is 20.8. The second kappa shape index (κ2) is 8.22. The van der Waals surface area contributed by atoms with Crippen LogP contribution in [0, 0.1) is 11.8 Å². The molecule has 1 amide bonds. The molecule has 1 aliphatic carbocycles. The van der Waals surface area contributed by atoms with E-state index in [-0.39, 0.29) is 36.6 Å². The fourth-order valence-corrected chi connectivity index (χ4v) is 2.85. The van der Waals surface area contributed by atoms with Gasteiger partial charge in [0.1, 0.15) is 12.4 Å². The van der Waals surface area contributed by atoms with Gasteiger partial charge in [0.05, 0.1) is 18.0 Å². The second-order valence-electron chi connectivity index (χ2n) is 6.05. The van der Waals surface area contributed by atoms with Crippen LogP contribution in [0.15, 0.2) is 24.3 Å². The Morgan fingerprint density at radius 1 is 1.16 bits per heavy atom. The van der Waals surface area contributed by atoms with E-state index in [1.54, 1.807) is 0 Å². The Kier molecular flexibility index (Phi) is 6.27. The quantitative estimate of drug-likeness (QED) is 0.766. The second-order valence-corrected chi connectivity index (χ2v) is 6.05. The number of amides is 1. The number of ether oxygens (including phenoxy) is 1. The lowest BCUT2D eigenvalue weighted by Gasteiger charge is -2.25. The molecule has 0 bridgehead atoms. The fraction of sp³-hybridized carbons (Fsp3) is 0.529. The predicted octanol–water partition coefficient (Wildman–Crippen LogP) is 3.09. The van der Waals surface area contributed by atoms with Crippen LogP contribution in [0.4, 0.5) is 13.2 Å². The molecular formula is C17H20F3NO4. The van der Waals surface area contributed by atoms with Crippen LogP contribution in [0.2, 0.25) is 0 Å². The first-order valence-electron chi connectivity index (χ1n) is 8.08. The molecule has 0 radical (unpaired) electrons. The van der Waals surface area contributed by atoms with Gasteiger partial charge in [0.15, 0.2) is 0 Å². The summed E-state index contributed by atoms with van der Waals surface area (Å²) in [5, 5.41) is 11.6. The standard InChI is InChI=1S/C17H20F3NO4/c18-17(19,20)13-2-1-3-14(10-13)25-9-8-21-15(22)11-4-6-12(7-5-11)16(23)24/h1-3,10-12H,4-9H2,(H,21,22)(H,23,24). The lowest BCUT2D eigenvalue weighted by atomic mass is 9.81. The van der Waals surface area contributed by atoms with Gasteiger partial charge in [0.25, 0.3) is 0 Å². The van der Waals surface area contributed by atoms with Gasteiger partial charge in [-0.15, -0.1) is 0 Å². The van der Waals surface area contributed by atoms with Crippen LogP contribution in [0.1, 0.15) is 31.2 Å². The van der Waals surface area contributed by atoms with Crippen molar-refractivity contribution >= 4 is 11.9 Å². The number of carboxylic acid groups (broad SMARTS) is 1. The minimum atomic E-state index is -4.43. The van der Waals surface area contributed by atoms with Gasteiger partial charge in [-0.1, -0.05) is 6.07 Å². The zero-order valence-corrected chi connectivity index (χ0v) is 13.5. The first kappa shape index (κ1) is 19.1. The lowest BCUT2D eigenvalue weighted by molar-refractivity contribution is -0.144. The monoisotopic (exact) mass is 359 g/mol. The number of carbonyl (C=O) groups excluding carboxylic acids is 1. The summed E-state index contributed by atoms with van der Waals surface area (Å²) in [6.07, 6.45) is -2.42. The van der Waals surface area contributed by atoms with Crippen molar-refractivity contribution in [2.45, 2.75) is 31.9 Å². The average Bonchev–Trinajstić information content (AvgIpc) is 2.58. The smallest absolute Gasteiger partial charge is 0.416 e. The van der Waals surface area contributed by atoms with E-state index in [0.29, 0.717) is 25.7 Å². The van der Waals surface area contributed by atoms with Gasteiger partial charge in [-0.3, -0.25) is 9.59 Å². The van der Waals surface area contributed by atoms with E-state index in [9.17, 15) is 22.8 Å². The van der Waals surface area contributed by atoms with Crippen LogP contribution >= 0.6 is 0 Å². The van der Waals surface area contributed by atoms with Crippen molar-refractivity contribution in [3.05, 3.63) is 29.8 Å². The molecule has 1 aromatic carbocycles. The number of carbonyl (C=O) groups is 2. The summed E-state index contributed by atoms with van der Waals surface area (Å²) in [6, 6.07) is 4.55. The Morgan fingerprint density at radius 2 is 1.80 bits per heavy atom. The number of carboxylic acids is 1. The molecule has 0 saturated heterocycles. The van der Waals surface area contributed by atoms with Crippen molar-refractivity contribution in [3.8, 4) is 5.75 Å². The van der Waals surface area contributed by atoms with Gasteiger partial charge in [0, 0.05) is 5.92 Å². The summed E-state index contributed by atoms with van der Waals surface area (Å²) in [7, 11) is 0. The number of rotatable bonds is 6. The van der Waals surface area contributed by atoms with E-state index in [1.807, 2.05) is 0 Å².